The predicted octanol–water partition coefficient (Wildman–Crippen LogP) is 5.54. The molecule has 0 saturated carbocycles. The molecule has 0 radical (unpaired) electrons. The first-order valence-electron chi connectivity index (χ1n) is 9.53. The van der Waals surface area contributed by atoms with E-state index in [4.69, 9.17) is 32.7 Å². The van der Waals surface area contributed by atoms with Gasteiger partial charge in [-0.2, -0.15) is 0 Å². The maximum absolute atomic E-state index is 13.6. The van der Waals surface area contributed by atoms with Gasteiger partial charge in [0.05, 0.1) is 36.7 Å². The molecule has 2 aromatic carbocycles. The smallest absolute Gasteiger partial charge is 0.266 e. The lowest BCUT2D eigenvalue weighted by Gasteiger charge is -2.22. The van der Waals surface area contributed by atoms with Crippen molar-refractivity contribution in [3.63, 3.8) is 0 Å². The van der Waals surface area contributed by atoms with E-state index in [1.807, 2.05) is 6.92 Å². The minimum atomic E-state index is -0.434. The highest BCUT2D eigenvalue weighted by atomic mass is 35.5. The molecule has 1 heterocycles. The molecular formula is C22H21Cl2N3O4S. The molecule has 0 saturated heterocycles. The van der Waals surface area contributed by atoms with Gasteiger partial charge in [0, 0.05) is 24.7 Å². The van der Waals surface area contributed by atoms with Gasteiger partial charge in [0.2, 0.25) is 0 Å². The van der Waals surface area contributed by atoms with Crippen LogP contribution in [0.1, 0.15) is 27.0 Å². The first kappa shape index (κ1) is 23.8. The van der Waals surface area contributed by atoms with Crippen LogP contribution >= 0.6 is 34.5 Å². The Balaban J connectivity index is 2.13. The number of benzene rings is 2. The van der Waals surface area contributed by atoms with Crippen molar-refractivity contribution in [2.24, 2.45) is 0 Å². The summed E-state index contributed by atoms with van der Waals surface area (Å²) in [6.07, 6.45) is 1.46. The third-order valence-electron chi connectivity index (χ3n) is 4.71. The van der Waals surface area contributed by atoms with E-state index < -0.39 is 5.91 Å². The zero-order chi connectivity index (χ0) is 23.4. The van der Waals surface area contributed by atoms with Gasteiger partial charge in [0.25, 0.3) is 11.8 Å². The van der Waals surface area contributed by atoms with Crippen LogP contribution in [0.3, 0.4) is 0 Å². The third-order valence-corrected chi connectivity index (χ3v) is 6.22. The van der Waals surface area contributed by atoms with E-state index in [0.29, 0.717) is 38.8 Å². The largest absolute Gasteiger partial charge is 0.493 e. The molecule has 0 aliphatic rings. The summed E-state index contributed by atoms with van der Waals surface area (Å²) >= 11 is 13.4. The molecule has 2 amide bonds. The summed E-state index contributed by atoms with van der Waals surface area (Å²) in [6, 6.07) is 9.66. The molecular weight excluding hydrogens is 473 g/mol. The Labute approximate surface area is 200 Å². The van der Waals surface area contributed by atoms with Crippen molar-refractivity contribution in [2.75, 3.05) is 32.7 Å². The second-order valence-corrected chi connectivity index (χ2v) is 8.48. The van der Waals surface area contributed by atoms with Gasteiger partial charge in [-0.15, -0.1) is 0 Å². The van der Waals surface area contributed by atoms with Crippen LogP contribution in [-0.2, 0) is 0 Å². The first-order chi connectivity index (χ1) is 15.3. The molecule has 0 aliphatic carbocycles. The third kappa shape index (κ3) is 4.82. The Morgan fingerprint density at radius 2 is 1.75 bits per heavy atom. The van der Waals surface area contributed by atoms with E-state index in [1.165, 1.54) is 31.4 Å². The minimum Gasteiger partial charge on any atom is -0.493 e. The number of rotatable bonds is 7. The number of hydrogen-bond donors (Lipinski definition) is 0. The molecule has 0 aliphatic heterocycles. The Morgan fingerprint density at radius 3 is 2.38 bits per heavy atom. The molecule has 0 unspecified atom stereocenters. The predicted molar refractivity (Wildman–Crippen MR) is 127 cm³/mol. The van der Waals surface area contributed by atoms with Crippen LogP contribution < -0.4 is 14.4 Å². The Bertz CT molecular complexity index is 1150. The zero-order valence-corrected chi connectivity index (χ0v) is 20.2. The molecule has 0 bridgehead atoms. The van der Waals surface area contributed by atoms with E-state index in [-0.39, 0.29) is 16.5 Å². The molecule has 32 heavy (non-hydrogen) atoms. The van der Waals surface area contributed by atoms with Gasteiger partial charge in [-0.25, -0.2) is 4.98 Å². The van der Waals surface area contributed by atoms with Crippen molar-refractivity contribution in [3.8, 4) is 11.5 Å². The fraction of sp³-hybridized carbons (Fsp3) is 0.227. The lowest BCUT2D eigenvalue weighted by molar-refractivity contribution is 0.0806. The second-order valence-electron chi connectivity index (χ2n) is 6.63. The molecule has 7 nitrogen and oxygen atoms in total. The molecule has 1 aromatic heterocycles. The zero-order valence-electron chi connectivity index (χ0n) is 17.9. The number of carbonyl (C=O) groups excluding carboxylic acids is 2. The SMILES string of the molecule is CCN(C)C(=O)c1cnc(N(C(=O)c2ccc(Cl)cc2Cl)c2ccc(OC)c(OC)c2)s1. The van der Waals surface area contributed by atoms with Crippen LogP contribution in [0.2, 0.25) is 10.0 Å². The number of halogens is 2. The molecule has 3 rings (SSSR count). The van der Waals surface area contributed by atoms with Crippen molar-refractivity contribution >= 4 is 57.2 Å². The summed E-state index contributed by atoms with van der Waals surface area (Å²) in [5, 5.41) is 0.918. The van der Waals surface area contributed by atoms with Gasteiger partial charge in [-0.3, -0.25) is 14.5 Å². The fourth-order valence-electron chi connectivity index (χ4n) is 2.86. The summed E-state index contributed by atoms with van der Waals surface area (Å²) in [5.74, 6) is 0.327. The quantitative estimate of drug-likeness (QED) is 0.432. The summed E-state index contributed by atoms with van der Waals surface area (Å²) in [5.41, 5.74) is 0.704. The molecule has 0 atom stereocenters. The van der Waals surface area contributed by atoms with Crippen molar-refractivity contribution in [1.29, 1.82) is 0 Å². The van der Waals surface area contributed by atoms with Crippen molar-refractivity contribution < 1.29 is 19.1 Å². The number of nitrogens with zero attached hydrogens (tertiary/aromatic N) is 3. The summed E-state index contributed by atoms with van der Waals surface area (Å²) in [6.45, 7) is 2.42. The van der Waals surface area contributed by atoms with Crippen LogP contribution in [0.5, 0.6) is 11.5 Å². The number of hydrogen-bond acceptors (Lipinski definition) is 6. The van der Waals surface area contributed by atoms with Crippen molar-refractivity contribution in [2.45, 2.75) is 6.92 Å². The lowest BCUT2D eigenvalue weighted by Crippen LogP contribution is -2.26. The normalized spacial score (nSPS) is 10.6. The lowest BCUT2D eigenvalue weighted by atomic mass is 10.1. The van der Waals surface area contributed by atoms with Crippen LogP contribution in [0, 0.1) is 0 Å². The van der Waals surface area contributed by atoms with Gasteiger partial charge in [0.15, 0.2) is 16.6 Å². The van der Waals surface area contributed by atoms with E-state index in [0.717, 1.165) is 11.3 Å². The fourth-order valence-corrected chi connectivity index (χ4v) is 4.28. The Morgan fingerprint density at radius 1 is 1.03 bits per heavy atom. The van der Waals surface area contributed by atoms with Crippen LogP contribution in [0.15, 0.2) is 42.6 Å². The Kier molecular flexibility index (Phi) is 7.60. The van der Waals surface area contributed by atoms with E-state index >= 15 is 0 Å². The molecule has 10 heteroatoms. The number of thiazole rings is 1. The number of ether oxygens (including phenoxy) is 2. The maximum Gasteiger partial charge on any atom is 0.266 e. The number of anilines is 2. The highest BCUT2D eigenvalue weighted by Gasteiger charge is 2.27. The van der Waals surface area contributed by atoms with Crippen molar-refractivity contribution in [3.05, 3.63) is 63.1 Å². The van der Waals surface area contributed by atoms with Gasteiger partial charge < -0.3 is 14.4 Å². The number of carbonyl (C=O) groups is 2. The summed E-state index contributed by atoms with van der Waals surface area (Å²) in [4.78, 5) is 33.9. The van der Waals surface area contributed by atoms with Gasteiger partial charge in [0.1, 0.15) is 4.88 Å². The number of methoxy groups -OCH3 is 2. The highest BCUT2D eigenvalue weighted by molar-refractivity contribution is 7.17. The molecule has 0 spiro atoms. The van der Waals surface area contributed by atoms with Crippen LogP contribution in [0.25, 0.3) is 0 Å². The van der Waals surface area contributed by atoms with Crippen LogP contribution in [-0.4, -0.2) is 49.5 Å². The van der Waals surface area contributed by atoms with Crippen molar-refractivity contribution in [1.82, 2.24) is 9.88 Å². The average molecular weight is 494 g/mol. The maximum atomic E-state index is 13.6. The first-order valence-corrected chi connectivity index (χ1v) is 11.1. The Hall–Kier alpha value is -2.81. The average Bonchev–Trinajstić information content (AvgIpc) is 3.27. The summed E-state index contributed by atoms with van der Waals surface area (Å²) in [7, 11) is 4.73. The second kappa shape index (κ2) is 10.2. The standard InChI is InChI=1S/C22H21Cl2N3O4S/c1-5-26(2)21(29)19-12-25-22(32-19)27(14-7-9-17(30-3)18(11-14)31-4)20(28)15-8-6-13(23)10-16(15)24/h6-12H,5H2,1-4H3. The minimum absolute atomic E-state index is 0.180. The van der Waals surface area contributed by atoms with Gasteiger partial charge in [-0.05, 0) is 37.3 Å². The van der Waals surface area contributed by atoms with Crippen LogP contribution in [0.4, 0.5) is 10.8 Å². The molecule has 3 aromatic rings. The number of aromatic nitrogens is 1. The monoisotopic (exact) mass is 493 g/mol. The summed E-state index contributed by atoms with van der Waals surface area (Å²) < 4.78 is 10.7. The van der Waals surface area contributed by atoms with E-state index in [1.54, 1.807) is 42.3 Å². The molecule has 0 fully saturated rings. The highest BCUT2D eigenvalue weighted by Crippen LogP contribution is 2.38. The van der Waals surface area contributed by atoms with E-state index in [2.05, 4.69) is 4.98 Å². The van der Waals surface area contributed by atoms with E-state index in [9.17, 15) is 9.59 Å². The van der Waals surface area contributed by atoms with Gasteiger partial charge >= 0.3 is 0 Å². The topological polar surface area (TPSA) is 72.0 Å². The number of amides is 2. The molecule has 168 valence electrons. The van der Waals surface area contributed by atoms with Gasteiger partial charge in [-0.1, -0.05) is 34.5 Å². The molecule has 0 N–H and O–H groups in total.